The summed E-state index contributed by atoms with van der Waals surface area (Å²) in [5.41, 5.74) is 1.98. The third kappa shape index (κ3) is 1.32. The van der Waals surface area contributed by atoms with E-state index in [4.69, 9.17) is 11.6 Å². The first-order chi connectivity index (χ1) is 7.27. The minimum atomic E-state index is 0.507. The van der Waals surface area contributed by atoms with Crippen molar-refractivity contribution in [2.45, 2.75) is 0 Å². The molecule has 15 heavy (non-hydrogen) atoms. The molecule has 0 aliphatic heterocycles. The Labute approximate surface area is 105 Å². The maximum Gasteiger partial charge on any atom is 0.150 e. The van der Waals surface area contributed by atoms with E-state index in [9.17, 15) is 0 Å². The molecular weight excluding hydrogens is 324 g/mol. The summed E-state index contributed by atoms with van der Waals surface area (Å²) in [5.74, 6) is 0. The number of hydrogen-bond acceptors (Lipinski definition) is 2. The average molecular weight is 330 g/mol. The quantitative estimate of drug-likeness (QED) is 0.594. The minimum absolute atomic E-state index is 0.507. The van der Waals surface area contributed by atoms with Crippen LogP contribution in [0.15, 0.2) is 30.8 Å². The van der Waals surface area contributed by atoms with Gasteiger partial charge >= 0.3 is 0 Å². The molecule has 0 fully saturated rings. The van der Waals surface area contributed by atoms with Crippen LogP contribution in [0.3, 0.4) is 0 Å². The Morgan fingerprint density at radius 1 is 1.33 bits per heavy atom. The van der Waals surface area contributed by atoms with Gasteiger partial charge in [-0.1, -0.05) is 17.7 Å². The van der Waals surface area contributed by atoms with Gasteiger partial charge in [0.25, 0.3) is 0 Å². The first-order valence-corrected chi connectivity index (χ1v) is 5.79. The van der Waals surface area contributed by atoms with Crippen molar-refractivity contribution in [3.63, 3.8) is 0 Å². The summed E-state index contributed by atoms with van der Waals surface area (Å²) in [6.45, 7) is 0. The lowest BCUT2D eigenvalue weighted by Crippen LogP contribution is -1.97. The molecule has 2 aromatic heterocycles. The Bertz CT molecular complexity index is 612. The third-order valence-corrected chi connectivity index (χ3v) is 3.41. The summed E-state index contributed by atoms with van der Waals surface area (Å²) in [7, 11) is 0. The highest BCUT2D eigenvalue weighted by Gasteiger charge is 2.14. The summed E-state index contributed by atoms with van der Waals surface area (Å²) in [5, 5.41) is 1.42. The highest BCUT2D eigenvalue weighted by atomic mass is 127. The summed E-state index contributed by atoms with van der Waals surface area (Å²) in [6.07, 6.45) is 9.56. The van der Waals surface area contributed by atoms with Crippen molar-refractivity contribution in [1.82, 2.24) is 14.5 Å². The molecule has 0 spiro atoms. The van der Waals surface area contributed by atoms with Gasteiger partial charge in [-0.05, 0) is 34.7 Å². The fourth-order valence-electron chi connectivity index (χ4n) is 1.52. The zero-order valence-corrected chi connectivity index (χ0v) is 10.4. The van der Waals surface area contributed by atoms with E-state index < -0.39 is 0 Å². The van der Waals surface area contributed by atoms with Crippen molar-refractivity contribution in [2.24, 2.45) is 0 Å². The molecule has 0 saturated carbocycles. The number of rotatable bonds is 1. The Morgan fingerprint density at radius 2 is 2.13 bits per heavy atom. The predicted octanol–water partition coefficient (Wildman–Crippen LogP) is 3.10. The second-order valence-corrected chi connectivity index (χ2v) is 4.68. The van der Waals surface area contributed by atoms with E-state index in [0.717, 1.165) is 20.3 Å². The smallest absolute Gasteiger partial charge is 0.150 e. The first kappa shape index (κ1) is 9.35. The van der Waals surface area contributed by atoms with Gasteiger partial charge in [0, 0.05) is 15.5 Å². The molecule has 0 radical (unpaired) electrons. The average Bonchev–Trinajstić information content (AvgIpc) is 2.43. The van der Waals surface area contributed by atoms with Crippen LogP contribution in [0.1, 0.15) is 0 Å². The van der Waals surface area contributed by atoms with Crippen molar-refractivity contribution in [1.29, 1.82) is 0 Å². The van der Waals surface area contributed by atoms with E-state index in [1.54, 1.807) is 0 Å². The standard InChI is InChI=1S/C10H5ClIN3/c11-9-8-7(12)4-15(6-2-1-3-6)10(8)14-5-13-9/h1-5H. The monoisotopic (exact) mass is 329 g/mol. The summed E-state index contributed by atoms with van der Waals surface area (Å²) >= 11 is 8.28. The van der Waals surface area contributed by atoms with Gasteiger partial charge in [0.1, 0.15) is 11.5 Å². The molecule has 3 rings (SSSR count). The lowest BCUT2D eigenvalue weighted by atomic mass is 10.2. The number of nitrogens with zero attached hydrogens (tertiary/aromatic N) is 3. The van der Waals surface area contributed by atoms with E-state index in [1.807, 2.05) is 29.0 Å². The molecule has 2 aromatic rings. The van der Waals surface area contributed by atoms with Crippen LogP contribution >= 0.6 is 34.2 Å². The number of allylic oxidation sites excluding steroid dienone is 4. The lowest BCUT2D eigenvalue weighted by molar-refractivity contribution is 1.10. The van der Waals surface area contributed by atoms with E-state index in [2.05, 4.69) is 32.6 Å². The molecule has 0 bridgehead atoms. The molecule has 1 aliphatic rings. The predicted molar refractivity (Wildman–Crippen MR) is 68.7 cm³/mol. The van der Waals surface area contributed by atoms with Gasteiger partial charge in [0.15, 0.2) is 5.65 Å². The molecule has 0 N–H and O–H groups in total. The van der Waals surface area contributed by atoms with Crippen LogP contribution in [0.5, 0.6) is 0 Å². The molecule has 2 heterocycles. The van der Waals surface area contributed by atoms with Crippen LogP contribution in [0.4, 0.5) is 0 Å². The molecule has 5 heteroatoms. The Kier molecular flexibility index (Phi) is 2.07. The fourth-order valence-corrected chi connectivity index (χ4v) is 2.69. The van der Waals surface area contributed by atoms with Crippen LogP contribution in [0.2, 0.25) is 5.15 Å². The molecule has 0 unspecified atom stereocenters. The van der Waals surface area contributed by atoms with Gasteiger partial charge in [-0.15, -0.1) is 0 Å². The number of aromatic nitrogens is 3. The molecular formula is C10H5ClIN3. The second kappa shape index (κ2) is 3.31. The zero-order chi connectivity index (χ0) is 10.4. The highest BCUT2D eigenvalue weighted by Crippen LogP contribution is 2.30. The van der Waals surface area contributed by atoms with Gasteiger partial charge in [-0.3, -0.25) is 0 Å². The summed E-state index contributed by atoms with van der Waals surface area (Å²) < 4.78 is 3.08. The second-order valence-electron chi connectivity index (χ2n) is 3.16. The molecule has 0 saturated heterocycles. The number of halogens is 2. The molecule has 0 amide bonds. The first-order valence-electron chi connectivity index (χ1n) is 4.33. The molecule has 3 nitrogen and oxygen atoms in total. The van der Waals surface area contributed by atoms with Crippen LogP contribution in [-0.4, -0.2) is 14.5 Å². The Hall–Kier alpha value is -0.880. The minimum Gasteiger partial charge on any atom is -0.300 e. The summed E-state index contributed by atoms with van der Waals surface area (Å²) in [4.78, 5) is 8.24. The number of fused-ring (bicyclic) bond motifs is 1. The normalized spacial score (nSPS) is 14.1. The topological polar surface area (TPSA) is 30.7 Å². The van der Waals surface area contributed by atoms with Crippen molar-refractivity contribution in [3.8, 4) is 0 Å². The lowest BCUT2D eigenvalue weighted by Gasteiger charge is -2.09. The molecule has 74 valence electrons. The van der Waals surface area contributed by atoms with E-state index >= 15 is 0 Å². The van der Waals surface area contributed by atoms with E-state index in [0.29, 0.717) is 5.15 Å². The highest BCUT2D eigenvalue weighted by molar-refractivity contribution is 14.1. The van der Waals surface area contributed by atoms with Crippen molar-refractivity contribution in [2.75, 3.05) is 0 Å². The van der Waals surface area contributed by atoms with Gasteiger partial charge in [0.05, 0.1) is 5.39 Å². The molecule has 0 atom stereocenters. The van der Waals surface area contributed by atoms with Crippen LogP contribution in [-0.2, 0) is 0 Å². The SMILES string of the molecule is Clc1ncnc2c1c(I)cn2C1=CC=C1. The van der Waals surface area contributed by atoms with Gasteiger partial charge in [-0.2, -0.15) is 0 Å². The van der Waals surface area contributed by atoms with Gasteiger partial charge in [-0.25, -0.2) is 9.97 Å². The summed E-state index contributed by atoms with van der Waals surface area (Å²) in [6, 6.07) is 0. The Morgan fingerprint density at radius 3 is 2.80 bits per heavy atom. The van der Waals surface area contributed by atoms with Crippen LogP contribution in [0, 0.1) is 3.57 Å². The van der Waals surface area contributed by atoms with E-state index in [1.165, 1.54) is 6.33 Å². The van der Waals surface area contributed by atoms with Crippen molar-refractivity contribution < 1.29 is 0 Å². The van der Waals surface area contributed by atoms with Crippen LogP contribution in [0.25, 0.3) is 16.7 Å². The van der Waals surface area contributed by atoms with Gasteiger partial charge in [0.2, 0.25) is 0 Å². The van der Waals surface area contributed by atoms with Gasteiger partial charge < -0.3 is 4.57 Å². The van der Waals surface area contributed by atoms with Crippen LogP contribution < -0.4 is 0 Å². The zero-order valence-electron chi connectivity index (χ0n) is 7.48. The molecule has 0 aromatic carbocycles. The molecule has 1 aliphatic carbocycles. The van der Waals surface area contributed by atoms with E-state index in [-0.39, 0.29) is 0 Å². The van der Waals surface area contributed by atoms with Crippen molar-refractivity contribution in [3.05, 3.63) is 39.5 Å². The maximum absolute atomic E-state index is 6.03. The number of hydrogen-bond donors (Lipinski definition) is 0. The Balaban J connectivity index is 2.37. The maximum atomic E-state index is 6.03. The largest absolute Gasteiger partial charge is 0.300 e. The fraction of sp³-hybridized carbons (Fsp3) is 0. The third-order valence-electron chi connectivity index (χ3n) is 2.30. The van der Waals surface area contributed by atoms with Crippen molar-refractivity contribution >= 4 is 50.9 Å².